The van der Waals surface area contributed by atoms with Gasteiger partial charge in [-0.3, -0.25) is 0 Å². The Kier molecular flexibility index (Phi) is 9.96. The van der Waals surface area contributed by atoms with Crippen molar-refractivity contribution in [2.75, 3.05) is 6.61 Å². The molecule has 0 bridgehead atoms. The molecule has 7 rings (SSSR count). The van der Waals surface area contributed by atoms with E-state index in [1.54, 1.807) is 12.1 Å². The van der Waals surface area contributed by atoms with Gasteiger partial charge in [0.2, 0.25) is 0 Å². The van der Waals surface area contributed by atoms with Crippen molar-refractivity contribution in [2.45, 2.75) is 56.4 Å². The number of aliphatic hydroxyl groups is 1. The highest BCUT2D eigenvalue weighted by Gasteiger charge is 2.65. The van der Waals surface area contributed by atoms with Crippen molar-refractivity contribution in [3.05, 3.63) is 166 Å². The third-order valence-corrected chi connectivity index (χ3v) is 9.29. The molecule has 1 spiro atoms. The largest absolute Gasteiger partial charge is 0.505 e. The zero-order valence-electron chi connectivity index (χ0n) is 26.6. The summed E-state index contributed by atoms with van der Waals surface area (Å²) < 4.78 is 47.6. The van der Waals surface area contributed by atoms with E-state index in [0.717, 1.165) is 16.7 Å². The Labute approximate surface area is 289 Å². The maximum absolute atomic E-state index is 14.3. The summed E-state index contributed by atoms with van der Waals surface area (Å²) in [5, 5.41) is 20.9. The van der Waals surface area contributed by atoms with Gasteiger partial charge in [-0.25, -0.2) is 4.39 Å². The minimum atomic E-state index is -1.48. The van der Waals surface area contributed by atoms with E-state index in [1.807, 2.05) is 97.1 Å². The smallest absolute Gasteiger partial charge is 0.270 e. The number of hydrogen-bond acceptors (Lipinski definition) is 7. The summed E-state index contributed by atoms with van der Waals surface area (Å²) in [7, 11) is 0. The molecule has 5 atom stereocenters. The van der Waals surface area contributed by atoms with Crippen LogP contribution in [-0.4, -0.2) is 41.2 Å². The van der Waals surface area contributed by atoms with Crippen molar-refractivity contribution in [1.29, 1.82) is 0 Å². The van der Waals surface area contributed by atoms with Gasteiger partial charge in [-0.05, 0) is 46.5 Å². The Bertz CT molecular complexity index is 1860. The van der Waals surface area contributed by atoms with E-state index >= 15 is 0 Å². The predicted octanol–water partition coefficient (Wildman–Crippen LogP) is 7.47. The fourth-order valence-electron chi connectivity index (χ4n) is 6.47. The van der Waals surface area contributed by atoms with Gasteiger partial charge >= 0.3 is 0 Å². The molecule has 0 amide bonds. The molecule has 2 heterocycles. The molecular weight excluding hydrogens is 647 g/mol. The highest BCUT2D eigenvalue weighted by Crippen LogP contribution is 2.56. The number of aromatic hydroxyl groups is 1. The number of fused-ring (bicyclic) bond motifs is 2. The first-order valence-corrected chi connectivity index (χ1v) is 16.6. The van der Waals surface area contributed by atoms with Gasteiger partial charge in [-0.2, -0.15) is 0 Å². The van der Waals surface area contributed by atoms with Crippen LogP contribution in [0.3, 0.4) is 0 Å². The van der Waals surface area contributed by atoms with E-state index in [0.29, 0.717) is 27.5 Å². The van der Waals surface area contributed by atoms with Crippen molar-refractivity contribution < 1.29 is 38.3 Å². The van der Waals surface area contributed by atoms with Crippen LogP contribution in [0.15, 0.2) is 121 Å². The minimum absolute atomic E-state index is 0.225. The van der Waals surface area contributed by atoms with Crippen molar-refractivity contribution in [1.82, 2.24) is 0 Å². The van der Waals surface area contributed by atoms with Gasteiger partial charge in [0.25, 0.3) is 5.79 Å². The Morgan fingerprint density at radius 2 is 1.27 bits per heavy atom. The van der Waals surface area contributed by atoms with Gasteiger partial charge in [-0.1, -0.05) is 109 Å². The van der Waals surface area contributed by atoms with Gasteiger partial charge in [0.15, 0.2) is 17.7 Å². The SMILES string of the molecule is OCC1O[C@]2(Oc3c2ccc(Cl)c3Cc2ccc(O)c(F)c2)[C@H](OCc2ccccc2)[C@@H](OCc2ccccc2)[C@@H]1OCc1ccccc1. The first-order valence-electron chi connectivity index (χ1n) is 16.2. The Hall–Kier alpha value is -4.28. The molecule has 1 fully saturated rings. The van der Waals surface area contributed by atoms with Crippen molar-refractivity contribution in [2.24, 2.45) is 0 Å². The summed E-state index contributed by atoms with van der Waals surface area (Å²) in [5.41, 5.74) is 4.75. The van der Waals surface area contributed by atoms with E-state index in [-0.39, 0.29) is 32.8 Å². The molecule has 0 saturated carbocycles. The van der Waals surface area contributed by atoms with E-state index < -0.39 is 41.8 Å². The molecule has 49 heavy (non-hydrogen) atoms. The molecule has 0 aliphatic carbocycles. The first-order chi connectivity index (χ1) is 23.9. The topological polar surface area (TPSA) is 86.6 Å². The number of ether oxygens (including phenoxy) is 5. The molecular formula is C40H36ClFO7. The van der Waals surface area contributed by atoms with Gasteiger partial charge < -0.3 is 33.9 Å². The van der Waals surface area contributed by atoms with Gasteiger partial charge in [0.05, 0.1) is 32.0 Å². The lowest BCUT2D eigenvalue weighted by atomic mass is 9.82. The molecule has 0 aromatic heterocycles. The summed E-state index contributed by atoms with van der Waals surface area (Å²) in [5.74, 6) is -2.15. The maximum atomic E-state index is 14.3. The average Bonchev–Trinajstić information content (AvgIpc) is 3.13. The van der Waals surface area contributed by atoms with Crippen molar-refractivity contribution in [3.63, 3.8) is 0 Å². The zero-order chi connectivity index (χ0) is 33.8. The third kappa shape index (κ3) is 6.94. The molecule has 0 radical (unpaired) electrons. The van der Waals surface area contributed by atoms with Crippen LogP contribution in [0.5, 0.6) is 11.5 Å². The van der Waals surface area contributed by atoms with Crippen molar-refractivity contribution in [3.8, 4) is 11.5 Å². The number of benzene rings is 5. The maximum Gasteiger partial charge on any atom is 0.270 e. The van der Waals surface area contributed by atoms with Crippen LogP contribution in [0.4, 0.5) is 4.39 Å². The molecule has 1 unspecified atom stereocenters. The van der Waals surface area contributed by atoms with Gasteiger partial charge in [0, 0.05) is 17.0 Å². The fourth-order valence-corrected chi connectivity index (χ4v) is 6.68. The van der Waals surface area contributed by atoms with Crippen LogP contribution in [0, 0.1) is 5.82 Å². The second-order valence-corrected chi connectivity index (χ2v) is 12.6. The zero-order valence-corrected chi connectivity index (χ0v) is 27.3. The molecule has 2 aliphatic rings. The number of halogens is 2. The Balaban J connectivity index is 1.28. The summed E-state index contributed by atoms with van der Waals surface area (Å²) in [6.45, 7) is 0.364. The molecule has 2 N–H and O–H groups in total. The summed E-state index contributed by atoms with van der Waals surface area (Å²) in [6.07, 6.45) is -2.95. The standard InChI is InChI=1S/C40H36ClFO7/c41-32-18-17-31-36(30(32)20-29-16-19-34(44)33(42)21-29)49-40(31)39(47-25-28-14-8-3-9-15-28)38(46-24-27-12-6-2-7-13-27)37(35(22-43)48-40)45-23-26-10-4-1-5-11-26/h1-19,21,35,37-39,43-44H,20,22-25H2/t35?,37-,38+,39-,40-/m1/s1. The van der Waals surface area contributed by atoms with E-state index in [9.17, 15) is 14.6 Å². The monoisotopic (exact) mass is 682 g/mol. The van der Waals surface area contributed by atoms with Crippen LogP contribution >= 0.6 is 11.6 Å². The lowest BCUT2D eigenvalue weighted by molar-refractivity contribution is -0.381. The van der Waals surface area contributed by atoms with Crippen LogP contribution in [0.2, 0.25) is 5.02 Å². The lowest BCUT2D eigenvalue weighted by Crippen LogP contribution is -2.70. The summed E-state index contributed by atoms with van der Waals surface area (Å²) in [4.78, 5) is 0. The average molecular weight is 683 g/mol. The molecule has 2 aliphatic heterocycles. The van der Waals surface area contributed by atoms with Gasteiger partial charge in [-0.15, -0.1) is 0 Å². The Morgan fingerprint density at radius 1 is 0.694 bits per heavy atom. The van der Waals surface area contributed by atoms with Crippen LogP contribution in [0.25, 0.3) is 0 Å². The molecule has 252 valence electrons. The highest BCUT2D eigenvalue weighted by molar-refractivity contribution is 6.31. The number of phenolic OH excluding ortho intramolecular Hbond substituents is 1. The van der Waals surface area contributed by atoms with E-state index in [4.69, 9.17) is 35.3 Å². The number of aliphatic hydroxyl groups excluding tert-OH is 1. The third-order valence-electron chi connectivity index (χ3n) is 8.94. The number of rotatable bonds is 12. The number of hydrogen-bond donors (Lipinski definition) is 2. The highest BCUT2D eigenvalue weighted by atomic mass is 35.5. The molecule has 9 heteroatoms. The second kappa shape index (κ2) is 14.7. The van der Waals surface area contributed by atoms with Crippen molar-refractivity contribution >= 4 is 11.6 Å². The normalized spacial score (nSPS) is 22.7. The van der Waals surface area contributed by atoms with Crippen LogP contribution in [-0.2, 0) is 51.0 Å². The minimum Gasteiger partial charge on any atom is -0.505 e. The quantitative estimate of drug-likeness (QED) is 0.141. The summed E-state index contributed by atoms with van der Waals surface area (Å²) in [6, 6.07) is 37.1. The predicted molar refractivity (Wildman–Crippen MR) is 182 cm³/mol. The lowest BCUT2D eigenvalue weighted by Gasteiger charge is -2.56. The van der Waals surface area contributed by atoms with Crippen LogP contribution < -0.4 is 4.74 Å². The number of phenols is 1. The van der Waals surface area contributed by atoms with Crippen LogP contribution in [0.1, 0.15) is 33.4 Å². The first kappa shape index (κ1) is 33.2. The van der Waals surface area contributed by atoms with Gasteiger partial charge in [0.1, 0.15) is 24.1 Å². The summed E-state index contributed by atoms with van der Waals surface area (Å²) >= 11 is 6.71. The Morgan fingerprint density at radius 3 is 1.84 bits per heavy atom. The molecule has 1 saturated heterocycles. The van der Waals surface area contributed by atoms with E-state index in [1.165, 1.54) is 12.1 Å². The fraction of sp³-hybridized carbons (Fsp3) is 0.250. The van der Waals surface area contributed by atoms with E-state index in [2.05, 4.69) is 0 Å². The molecule has 5 aromatic carbocycles. The molecule has 5 aromatic rings. The second-order valence-electron chi connectivity index (χ2n) is 12.2. The molecule has 7 nitrogen and oxygen atoms in total.